The Bertz CT molecular complexity index is 826. The topological polar surface area (TPSA) is 50.7 Å². The minimum absolute atomic E-state index is 0.0548. The second-order valence-corrected chi connectivity index (χ2v) is 5.45. The van der Waals surface area contributed by atoms with Crippen molar-refractivity contribution in [2.75, 3.05) is 13.7 Å². The van der Waals surface area contributed by atoms with E-state index in [0.29, 0.717) is 29.3 Å². The van der Waals surface area contributed by atoms with Gasteiger partial charge in [0.1, 0.15) is 5.82 Å². The number of fused-ring (bicyclic) bond motifs is 1. The Morgan fingerprint density at radius 3 is 2.62 bits per heavy atom. The predicted octanol–water partition coefficient (Wildman–Crippen LogP) is 3.18. The van der Waals surface area contributed by atoms with Gasteiger partial charge in [-0.05, 0) is 53.9 Å². The van der Waals surface area contributed by atoms with E-state index >= 15 is 0 Å². The van der Waals surface area contributed by atoms with Gasteiger partial charge in [-0.1, -0.05) is 12.6 Å². The molecule has 0 saturated carbocycles. The van der Waals surface area contributed by atoms with Gasteiger partial charge in [0, 0.05) is 17.7 Å². The first kappa shape index (κ1) is 15.9. The molecule has 0 saturated heterocycles. The number of methoxy groups -OCH3 is 1. The SMILES string of the molecule is C=C(N=C(OC)c1ccc(F)cc1)c1ccc2c(c1)CCNC2=O. The quantitative estimate of drug-likeness (QED) is 0.696. The number of aliphatic imine (C=N–C) groups is 1. The highest BCUT2D eigenvalue weighted by atomic mass is 19.1. The van der Waals surface area contributed by atoms with Crippen LogP contribution in [-0.4, -0.2) is 25.5 Å². The molecule has 0 unspecified atom stereocenters. The van der Waals surface area contributed by atoms with Gasteiger partial charge in [0.15, 0.2) is 0 Å². The van der Waals surface area contributed by atoms with Crippen molar-refractivity contribution >= 4 is 17.5 Å². The first-order valence-corrected chi connectivity index (χ1v) is 7.57. The molecule has 24 heavy (non-hydrogen) atoms. The van der Waals surface area contributed by atoms with Crippen molar-refractivity contribution in [1.29, 1.82) is 0 Å². The fourth-order valence-corrected chi connectivity index (χ4v) is 2.62. The van der Waals surface area contributed by atoms with Gasteiger partial charge in [-0.2, -0.15) is 0 Å². The number of nitrogens with one attached hydrogen (secondary N) is 1. The van der Waals surface area contributed by atoms with E-state index < -0.39 is 0 Å². The molecule has 0 fully saturated rings. The molecule has 5 heteroatoms. The van der Waals surface area contributed by atoms with Crippen LogP contribution in [0.2, 0.25) is 0 Å². The number of benzene rings is 2. The maximum atomic E-state index is 13.0. The Kier molecular flexibility index (Phi) is 4.42. The zero-order valence-electron chi connectivity index (χ0n) is 13.3. The van der Waals surface area contributed by atoms with Crippen molar-refractivity contribution < 1.29 is 13.9 Å². The van der Waals surface area contributed by atoms with E-state index in [1.54, 1.807) is 18.2 Å². The fourth-order valence-electron chi connectivity index (χ4n) is 2.62. The molecule has 0 aromatic heterocycles. The van der Waals surface area contributed by atoms with Crippen LogP contribution in [0, 0.1) is 5.82 Å². The summed E-state index contributed by atoms with van der Waals surface area (Å²) in [4.78, 5) is 16.2. The van der Waals surface area contributed by atoms with Crippen LogP contribution in [-0.2, 0) is 11.2 Å². The highest BCUT2D eigenvalue weighted by molar-refractivity contribution is 5.98. The van der Waals surface area contributed by atoms with Gasteiger partial charge in [-0.3, -0.25) is 4.79 Å². The second-order valence-electron chi connectivity index (χ2n) is 5.45. The van der Waals surface area contributed by atoms with Crippen LogP contribution in [0.4, 0.5) is 4.39 Å². The largest absolute Gasteiger partial charge is 0.481 e. The lowest BCUT2D eigenvalue weighted by Gasteiger charge is -2.17. The van der Waals surface area contributed by atoms with Gasteiger partial charge in [0.2, 0.25) is 5.90 Å². The van der Waals surface area contributed by atoms with Crippen LogP contribution in [0.5, 0.6) is 0 Å². The minimum atomic E-state index is -0.319. The van der Waals surface area contributed by atoms with Crippen LogP contribution in [0.15, 0.2) is 54.0 Å². The highest BCUT2D eigenvalue weighted by Crippen LogP contribution is 2.22. The summed E-state index contributed by atoms with van der Waals surface area (Å²) >= 11 is 0. The Hall–Kier alpha value is -2.95. The number of nitrogens with zero attached hydrogens (tertiary/aromatic N) is 1. The molecule has 4 nitrogen and oxygen atoms in total. The molecule has 0 aliphatic carbocycles. The maximum absolute atomic E-state index is 13.0. The Morgan fingerprint density at radius 1 is 1.21 bits per heavy atom. The van der Waals surface area contributed by atoms with E-state index in [-0.39, 0.29) is 11.7 Å². The van der Waals surface area contributed by atoms with Crippen molar-refractivity contribution in [3.63, 3.8) is 0 Å². The highest BCUT2D eigenvalue weighted by Gasteiger charge is 2.17. The lowest BCUT2D eigenvalue weighted by Crippen LogP contribution is -2.31. The standard InChI is InChI=1S/C19H17FN2O2/c1-12(22-19(24-2)13-3-6-16(20)7-4-13)14-5-8-17-15(11-14)9-10-21-18(17)23/h3-8,11H,1,9-10H2,2H3,(H,21,23). The van der Waals surface area contributed by atoms with Crippen molar-refractivity contribution in [2.45, 2.75) is 6.42 Å². The summed E-state index contributed by atoms with van der Waals surface area (Å²) in [5.74, 6) is -0.0164. The Balaban J connectivity index is 1.90. The summed E-state index contributed by atoms with van der Waals surface area (Å²) in [6.45, 7) is 4.61. The Morgan fingerprint density at radius 2 is 1.92 bits per heavy atom. The number of rotatable bonds is 3. The van der Waals surface area contributed by atoms with E-state index in [0.717, 1.165) is 17.5 Å². The molecule has 2 aromatic rings. The summed E-state index contributed by atoms with van der Waals surface area (Å²) in [5.41, 5.74) is 3.67. The fraction of sp³-hybridized carbons (Fsp3) is 0.158. The minimum Gasteiger partial charge on any atom is -0.481 e. The van der Waals surface area contributed by atoms with Gasteiger partial charge >= 0.3 is 0 Å². The van der Waals surface area contributed by atoms with Crippen LogP contribution in [0.1, 0.15) is 27.0 Å². The molecular weight excluding hydrogens is 307 g/mol. The summed E-state index contributed by atoms with van der Waals surface area (Å²) < 4.78 is 18.3. The number of hydrogen-bond donors (Lipinski definition) is 1. The second kappa shape index (κ2) is 6.66. The first-order valence-electron chi connectivity index (χ1n) is 7.57. The van der Waals surface area contributed by atoms with Crippen LogP contribution < -0.4 is 5.32 Å². The average Bonchev–Trinajstić information content (AvgIpc) is 2.60. The number of ether oxygens (including phenoxy) is 1. The van der Waals surface area contributed by atoms with E-state index in [1.807, 2.05) is 12.1 Å². The molecule has 0 bridgehead atoms. The average molecular weight is 324 g/mol. The maximum Gasteiger partial charge on any atom is 0.251 e. The molecule has 1 N–H and O–H groups in total. The molecule has 1 aliphatic rings. The number of carbonyl (C=O) groups excluding carboxylic acids is 1. The normalized spacial score (nSPS) is 13.9. The van der Waals surface area contributed by atoms with Gasteiger partial charge in [-0.15, -0.1) is 0 Å². The van der Waals surface area contributed by atoms with Crippen molar-refractivity contribution in [3.8, 4) is 0 Å². The molecule has 0 atom stereocenters. The molecule has 1 aliphatic heterocycles. The van der Waals surface area contributed by atoms with Gasteiger partial charge < -0.3 is 10.1 Å². The molecule has 1 amide bonds. The zero-order valence-corrected chi connectivity index (χ0v) is 13.3. The number of amides is 1. The van der Waals surface area contributed by atoms with E-state index in [4.69, 9.17) is 4.74 Å². The molecule has 1 heterocycles. The van der Waals surface area contributed by atoms with E-state index in [1.165, 1.54) is 19.2 Å². The molecule has 3 rings (SSSR count). The Labute approximate surface area is 139 Å². The molecular formula is C19H17FN2O2. The third-order valence-corrected chi connectivity index (χ3v) is 3.88. The zero-order chi connectivity index (χ0) is 17.1. The molecule has 2 aromatic carbocycles. The third-order valence-electron chi connectivity index (χ3n) is 3.88. The number of halogens is 1. The number of hydrogen-bond acceptors (Lipinski definition) is 3. The molecule has 122 valence electrons. The lowest BCUT2D eigenvalue weighted by molar-refractivity contribution is 0.0946. The van der Waals surface area contributed by atoms with E-state index in [2.05, 4.69) is 16.9 Å². The lowest BCUT2D eigenvalue weighted by atomic mass is 9.97. The third kappa shape index (κ3) is 3.20. The van der Waals surface area contributed by atoms with Crippen molar-refractivity contribution in [2.24, 2.45) is 4.99 Å². The van der Waals surface area contributed by atoms with Crippen molar-refractivity contribution in [1.82, 2.24) is 5.32 Å². The molecule has 0 radical (unpaired) electrons. The summed E-state index contributed by atoms with van der Waals surface area (Å²) in [7, 11) is 1.51. The van der Waals surface area contributed by atoms with Crippen LogP contribution in [0.25, 0.3) is 5.70 Å². The number of carbonyl (C=O) groups is 1. The van der Waals surface area contributed by atoms with Gasteiger partial charge in [0.25, 0.3) is 5.91 Å². The summed E-state index contributed by atoms with van der Waals surface area (Å²) in [6.07, 6.45) is 0.779. The summed E-state index contributed by atoms with van der Waals surface area (Å²) in [6, 6.07) is 11.4. The van der Waals surface area contributed by atoms with Crippen LogP contribution in [0.3, 0.4) is 0 Å². The van der Waals surface area contributed by atoms with Crippen molar-refractivity contribution in [3.05, 3.63) is 77.1 Å². The monoisotopic (exact) mass is 324 g/mol. The smallest absolute Gasteiger partial charge is 0.251 e. The van der Waals surface area contributed by atoms with Gasteiger partial charge in [-0.25, -0.2) is 9.38 Å². The first-order chi connectivity index (χ1) is 11.6. The van der Waals surface area contributed by atoms with Crippen LogP contribution >= 0.6 is 0 Å². The molecule has 0 spiro atoms. The summed E-state index contributed by atoms with van der Waals surface area (Å²) in [5, 5.41) is 2.81. The van der Waals surface area contributed by atoms with Gasteiger partial charge in [0.05, 0.1) is 12.8 Å². The van der Waals surface area contributed by atoms with E-state index in [9.17, 15) is 9.18 Å². The predicted molar refractivity (Wildman–Crippen MR) is 91.5 cm³/mol.